The number of hydrogen-bond donors (Lipinski definition) is 0. The Hall–Kier alpha value is -1.89. The second-order valence-corrected chi connectivity index (χ2v) is 9.21. The van der Waals surface area contributed by atoms with Crippen molar-refractivity contribution in [3.8, 4) is 5.75 Å². The first-order valence-corrected chi connectivity index (χ1v) is 11.9. The van der Waals surface area contributed by atoms with Crippen LogP contribution in [0.3, 0.4) is 0 Å². The molecular formula is C24H32N2O3S. The number of carbonyl (C=O) groups is 1. The molecule has 2 atom stereocenters. The lowest BCUT2D eigenvalue weighted by molar-refractivity contribution is -0.0155. The van der Waals surface area contributed by atoms with E-state index in [-0.39, 0.29) is 18.1 Å². The van der Waals surface area contributed by atoms with Gasteiger partial charge >= 0.3 is 0 Å². The number of nitrogens with zero attached hydrogens (tertiary/aromatic N) is 2. The smallest absolute Gasteiger partial charge is 0.257 e. The van der Waals surface area contributed by atoms with E-state index in [0.29, 0.717) is 17.9 Å². The van der Waals surface area contributed by atoms with Crippen molar-refractivity contribution >= 4 is 17.2 Å². The van der Waals surface area contributed by atoms with Gasteiger partial charge in [-0.3, -0.25) is 9.69 Å². The molecule has 1 aromatic carbocycles. The number of para-hydroxylation sites is 1. The fourth-order valence-corrected chi connectivity index (χ4v) is 5.43. The Balaban J connectivity index is 1.56. The van der Waals surface area contributed by atoms with Gasteiger partial charge < -0.3 is 14.4 Å². The maximum atomic E-state index is 13.5. The zero-order chi connectivity index (χ0) is 20.8. The van der Waals surface area contributed by atoms with Crippen LogP contribution in [-0.4, -0.2) is 61.2 Å². The zero-order valence-electron chi connectivity index (χ0n) is 17.8. The monoisotopic (exact) mass is 428 g/mol. The van der Waals surface area contributed by atoms with Crippen LogP contribution in [0.5, 0.6) is 5.75 Å². The average Bonchev–Trinajstić information content (AvgIpc) is 3.29. The van der Waals surface area contributed by atoms with Crippen molar-refractivity contribution in [3.05, 3.63) is 52.2 Å². The number of amides is 1. The summed E-state index contributed by atoms with van der Waals surface area (Å²) in [6.45, 7) is 4.23. The number of methoxy groups -OCH3 is 1. The fourth-order valence-electron chi connectivity index (χ4n) is 4.68. The minimum absolute atomic E-state index is 0.0760. The first-order chi connectivity index (χ1) is 14.8. The Morgan fingerprint density at radius 2 is 1.97 bits per heavy atom. The van der Waals surface area contributed by atoms with Gasteiger partial charge in [0.2, 0.25) is 0 Å². The van der Waals surface area contributed by atoms with Crippen LogP contribution >= 0.6 is 11.3 Å². The molecule has 0 bridgehead atoms. The third kappa shape index (κ3) is 5.05. The van der Waals surface area contributed by atoms with Gasteiger partial charge in [-0.05, 0) is 55.8 Å². The molecule has 0 N–H and O–H groups in total. The van der Waals surface area contributed by atoms with E-state index in [1.54, 1.807) is 18.4 Å². The number of carbonyl (C=O) groups excluding carboxylic acids is 1. The summed E-state index contributed by atoms with van der Waals surface area (Å²) in [7, 11) is 1.78. The second kappa shape index (κ2) is 10.4. The van der Waals surface area contributed by atoms with E-state index in [4.69, 9.17) is 9.47 Å². The van der Waals surface area contributed by atoms with E-state index in [1.807, 2.05) is 29.2 Å². The molecule has 0 radical (unpaired) electrons. The van der Waals surface area contributed by atoms with Crippen LogP contribution < -0.4 is 4.74 Å². The van der Waals surface area contributed by atoms with Gasteiger partial charge in [-0.25, -0.2) is 0 Å². The molecule has 1 aromatic heterocycles. The first-order valence-electron chi connectivity index (χ1n) is 11.1. The molecule has 1 amide bonds. The molecule has 1 fully saturated rings. The van der Waals surface area contributed by atoms with Crippen molar-refractivity contribution in [1.29, 1.82) is 0 Å². The number of benzene rings is 1. The number of fused-ring (bicyclic) bond motifs is 2. The summed E-state index contributed by atoms with van der Waals surface area (Å²) in [5.41, 5.74) is 0.670. The van der Waals surface area contributed by atoms with Crippen LogP contribution in [0.1, 0.15) is 47.3 Å². The highest BCUT2D eigenvalue weighted by atomic mass is 32.1. The minimum atomic E-state index is 0.0760. The summed E-state index contributed by atoms with van der Waals surface area (Å²) in [6.07, 6.45) is 5.32. The molecule has 0 aliphatic carbocycles. The van der Waals surface area contributed by atoms with Gasteiger partial charge in [-0.1, -0.05) is 24.6 Å². The summed E-state index contributed by atoms with van der Waals surface area (Å²) in [5.74, 6) is 0.767. The van der Waals surface area contributed by atoms with Crippen LogP contribution in [0.4, 0.5) is 0 Å². The lowest BCUT2D eigenvalue weighted by atomic mass is 9.93. The Labute approximate surface area is 183 Å². The molecule has 162 valence electrons. The Kier molecular flexibility index (Phi) is 7.42. The van der Waals surface area contributed by atoms with Gasteiger partial charge in [0.15, 0.2) is 0 Å². The Morgan fingerprint density at radius 1 is 1.07 bits per heavy atom. The summed E-state index contributed by atoms with van der Waals surface area (Å²) >= 11 is 1.81. The molecule has 4 rings (SSSR count). The largest absolute Gasteiger partial charge is 0.491 e. The van der Waals surface area contributed by atoms with Crippen LogP contribution in [0.25, 0.3) is 0 Å². The van der Waals surface area contributed by atoms with Gasteiger partial charge in [-0.2, -0.15) is 0 Å². The number of rotatable bonds is 3. The lowest BCUT2D eigenvalue weighted by Crippen LogP contribution is -2.51. The minimum Gasteiger partial charge on any atom is -0.491 e. The Morgan fingerprint density at radius 3 is 2.80 bits per heavy atom. The molecule has 2 aromatic rings. The highest BCUT2D eigenvalue weighted by Crippen LogP contribution is 2.29. The SMILES string of the molecule is CO[C@@H]1CCCN2C(=O)c3ccccc3OCCN(Cc3cccs3)CCCC[C@H]12. The third-order valence-electron chi connectivity index (χ3n) is 6.25. The molecule has 5 nitrogen and oxygen atoms in total. The highest BCUT2D eigenvalue weighted by molar-refractivity contribution is 7.09. The zero-order valence-corrected chi connectivity index (χ0v) is 18.6. The average molecular weight is 429 g/mol. The molecule has 2 aliphatic rings. The number of piperidine rings is 1. The van der Waals surface area contributed by atoms with Crippen LogP contribution in [0.2, 0.25) is 0 Å². The second-order valence-electron chi connectivity index (χ2n) is 8.18. The van der Waals surface area contributed by atoms with Gasteiger partial charge in [0.25, 0.3) is 5.91 Å². The van der Waals surface area contributed by atoms with Crippen molar-refractivity contribution in [2.75, 3.05) is 33.4 Å². The summed E-state index contributed by atoms with van der Waals surface area (Å²) in [6, 6.07) is 12.1. The van der Waals surface area contributed by atoms with Crippen molar-refractivity contribution in [2.45, 2.75) is 50.8 Å². The molecule has 3 heterocycles. The van der Waals surface area contributed by atoms with Crippen LogP contribution in [0, 0.1) is 0 Å². The maximum Gasteiger partial charge on any atom is 0.257 e. The van der Waals surface area contributed by atoms with Crippen LogP contribution in [0.15, 0.2) is 41.8 Å². The molecule has 2 aliphatic heterocycles. The van der Waals surface area contributed by atoms with Crippen LogP contribution in [-0.2, 0) is 11.3 Å². The molecular weight excluding hydrogens is 396 g/mol. The predicted molar refractivity (Wildman–Crippen MR) is 120 cm³/mol. The number of ether oxygens (including phenoxy) is 2. The van der Waals surface area contributed by atoms with E-state index in [0.717, 1.165) is 58.3 Å². The van der Waals surface area contributed by atoms with Gasteiger partial charge in [0, 0.05) is 31.6 Å². The van der Waals surface area contributed by atoms with Gasteiger partial charge in [-0.15, -0.1) is 11.3 Å². The van der Waals surface area contributed by atoms with E-state index >= 15 is 0 Å². The molecule has 30 heavy (non-hydrogen) atoms. The number of thiophene rings is 1. The predicted octanol–water partition coefficient (Wildman–Crippen LogP) is 4.43. The maximum absolute atomic E-state index is 13.5. The van der Waals surface area contributed by atoms with Crippen molar-refractivity contribution in [3.63, 3.8) is 0 Å². The van der Waals surface area contributed by atoms with E-state index < -0.39 is 0 Å². The molecule has 1 saturated heterocycles. The molecule has 0 saturated carbocycles. The van der Waals surface area contributed by atoms with Crippen molar-refractivity contribution < 1.29 is 14.3 Å². The third-order valence-corrected chi connectivity index (χ3v) is 7.11. The lowest BCUT2D eigenvalue weighted by Gasteiger charge is -2.41. The quantitative estimate of drug-likeness (QED) is 0.725. The molecule has 0 unspecified atom stereocenters. The van der Waals surface area contributed by atoms with Gasteiger partial charge in [0.05, 0.1) is 17.7 Å². The van der Waals surface area contributed by atoms with E-state index in [1.165, 1.54) is 4.88 Å². The Bertz CT molecular complexity index is 811. The standard InChI is InChI=1S/C24H32N2O3S/c1-28-23-12-6-14-26-21(23)10-4-5-13-25(18-19-8-7-17-30-19)15-16-29-22-11-3-2-9-20(22)24(26)27/h2-3,7-9,11,17,21,23H,4-6,10,12-16,18H2,1H3/t21-,23-/m1/s1. The summed E-state index contributed by atoms with van der Waals surface area (Å²) in [5, 5.41) is 2.14. The van der Waals surface area contributed by atoms with E-state index in [9.17, 15) is 4.79 Å². The summed E-state index contributed by atoms with van der Waals surface area (Å²) in [4.78, 5) is 19.4. The highest BCUT2D eigenvalue weighted by Gasteiger charge is 2.35. The molecule has 0 spiro atoms. The first kappa shape index (κ1) is 21.3. The fraction of sp³-hybridized carbons (Fsp3) is 0.542. The number of hydrogen-bond acceptors (Lipinski definition) is 5. The summed E-state index contributed by atoms with van der Waals surface area (Å²) < 4.78 is 11.9. The van der Waals surface area contributed by atoms with E-state index in [2.05, 4.69) is 22.4 Å². The van der Waals surface area contributed by atoms with Crippen molar-refractivity contribution in [2.24, 2.45) is 0 Å². The molecule has 6 heteroatoms. The normalized spacial score (nSPS) is 24.0. The van der Waals surface area contributed by atoms with Gasteiger partial charge in [0.1, 0.15) is 12.4 Å². The van der Waals surface area contributed by atoms with Crippen molar-refractivity contribution in [1.82, 2.24) is 9.80 Å². The topological polar surface area (TPSA) is 42.0 Å².